The molecular weight excluding hydrogens is 475 g/mol. The molecule has 0 aromatic heterocycles. The van der Waals surface area contributed by atoms with E-state index >= 15 is 0 Å². The van der Waals surface area contributed by atoms with Crippen LogP contribution in [0.5, 0.6) is 0 Å². The van der Waals surface area contributed by atoms with Gasteiger partial charge in [-0.1, -0.05) is 23.5 Å². The minimum absolute atomic E-state index is 0.0972. The number of hydrogen-bond donors (Lipinski definition) is 1. The number of carbonyl (C=O) groups excluding carboxylic acids is 2. The van der Waals surface area contributed by atoms with Gasteiger partial charge in [0.15, 0.2) is 5.17 Å². The summed E-state index contributed by atoms with van der Waals surface area (Å²) in [4.78, 5) is 32.0. The molecule has 2 atom stereocenters. The number of thioether (sulfide) groups is 2. The van der Waals surface area contributed by atoms with E-state index in [1.54, 1.807) is 19.1 Å². The highest BCUT2D eigenvalue weighted by Gasteiger charge is 2.41. The lowest BCUT2D eigenvalue weighted by atomic mass is 10.2. The predicted octanol–water partition coefficient (Wildman–Crippen LogP) is 5.14. The van der Waals surface area contributed by atoms with Gasteiger partial charge in [0.25, 0.3) is 5.76 Å². The van der Waals surface area contributed by atoms with Gasteiger partial charge in [-0.25, -0.2) is 9.38 Å². The Morgan fingerprint density at radius 1 is 1.21 bits per heavy atom. The Hall–Kier alpha value is -2.50. The number of carbonyl (C=O) groups is 2. The third-order valence-corrected chi connectivity index (χ3v) is 6.47. The van der Waals surface area contributed by atoms with Crippen LogP contribution in [0, 0.1) is 5.82 Å². The van der Waals surface area contributed by atoms with E-state index in [0.29, 0.717) is 33.2 Å². The number of benzene rings is 2. The minimum atomic E-state index is -2.52. The molecule has 0 saturated carbocycles. The summed E-state index contributed by atoms with van der Waals surface area (Å²) in [6.45, 7) is 2.07. The largest absolute Gasteiger partial charge is 0.383 e. The van der Waals surface area contributed by atoms with E-state index in [0.717, 1.165) is 11.8 Å². The maximum absolute atomic E-state index is 13.1. The van der Waals surface area contributed by atoms with Crippen LogP contribution in [0.2, 0.25) is 0 Å². The molecule has 1 heterocycles. The van der Waals surface area contributed by atoms with Gasteiger partial charge in [-0.2, -0.15) is 8.78 Å². The van der Waals surface area contributed by atoms with Crippen LogP contribution in [0.3, 0.4) is 0 Å². The standard InChI is InChI=1S/C22H22F3N3O3S2/c1-13(12-31-2)28-20(30)18(11-19(29)26-15-5-3-14(23)4-6-15)33-22(28)27-16-7-9-17(10-8-16)32-21(24)25/h3-10,13,18,21H,11-12H2,1-2H3,(H,26,29)/t13-,18+/m1/s1. The number of alkyl halides is 2. The second-order valence-electron chi connectivity index (χ2n) is 7.15. The SMILES string of the molecule is COC[C@@H](C)N1C(=O)[C@H](CC(=O)Nc2ccc(F)cc2)SC1=Nc1ccc(SC(F)F)cc1. The number of anilines is 1. The summed E-state index contributed by atoms with van der Waals surface area (Å²) >= 11 is 1.59. The Kier molecular flexibility index (Phi) is 8.81. The van der Waals surface area contributed by atoms with Crippen molar-refractivity contribution < 1.29 is 27.5 Å². The van der Waals surface area contributed by atoms with E-state index in [-0.39, 0.29) is 30.9 Å². The Balaban J connectivity index is 1.76. The van der Waals surface area contributed by atoms with E-state index in [1.807, 2.05) is 0 Å². The summed E-state index contributed by atoms with van der Waals surface area (Å²) in [6, 6.07) is 11.3. The molecule has 6 nitrogen and oxygen atoms in total. The molecule has 3 rings (SSSR count). The number of rotatable bonds is 9. The number of hydrogen-bond acceptors (Lipinski definition) is 6. The first kappa shape index (κ1) is 25.1. The van der Waals surface area contributed by atoms with Gasteiger partial charge in [-0.15, -0.1) is 0 Å². The molecule has 0 aliphatic carbocycles. The topological polar surface area (TPSA) is 71.0 Å². The zero-order valence-corrected chi connectivity index (χ0v) is 19.5. The molecular formula is C22H22F3N3O3S2. The average Bonchev–Trinajstić information content (AvgIpc) is 3.05. The highest BCUT2D eigenvalue weighted by Crippen LogP contribution is 2.34. The van der Waals surface area contributed by atoms with Crippen LogP contribution in [0.15, 0.2) is 58.4 Å². The number of nitrogens with one attached hydrogen (secondary N) is 1. The molecule has 1 aliphatic heterocycles. The molecule has 0 radical (unpaired) electrons. The summed E-state index contributed by atoms with van der Waals surface area (Å²) in [5, 5.41) is 2.36. The fraction of sp³-hybridized carbons (Fsp3) is 0.318. The van der Waals surface area contributed by atoms with Crippen molar-refractivity contribution in [1.29, 1.82) is 0 Å². The molecule has 1 fully saturated rings. The zero-order valence-electron chi connectivity index (χ0n) is 17.8. The molecule has 0 spiro atoms. The normalized spacial score (nSPS) is 18.2. The van der Waals surface area contributed by atoms with Crippen LogP contribution in [-0.2, 0) is 14.3 Å². The monoisotopic (exact) mass is 497 g/mol. The molecule has 11 heteroatoms. The Labute approximate surface area is 198 Å². The van der Waals surface area contributed by atoms with Crippen molar-refractivity contribution in [1.82, 2.24) is 4.90 Å². The molecule has 2 aromatic rings. The number of nitrogens with zero attached hydrogens (tertiary/aromatic N) is 2. The second kappa shape index (κ2) is 11.6. The first-order chi connectivity index (χ1) is 15.8. The van der Waals surface area contributed by atoms with Crippen LogP contribution in [0.4, 0.5) is 24.5 Å². The number of ether oxygens (including phenoxy) is 1. The summed E-state index contributed by atoms with van der Waals surface area (Å²) in [5.74, 6) is -3.60. The molecule has 0 unspecified atom stereocenters. The average molecular weight is 498 g/mol. The first-order valence-corrected chi connectivity index (χ1v) is 11.7. The lowest BCUT2D eigenvalue weighted by Crippen LogP contribution is -2.42. The molecule has 176 valence electrons. The van der Waals surface area contributed by atoms with Crippen molar-refractivity contribution >= 4 is 51.9 Å². The summed E-state index contributed by atoms with van der Waals surface area (Å²) in [5.41, 5.74) is 0.923. The zero-order chi connectivity index (χ0) is 24.0. The molecule has 33 heavy (non-hydrogen) atoms. The molecule has 1 aliphatic rings. The number of amidine groups is 1. The number of halogens is 3. The van der Waals surface area contributed by atoms with Crippen molar-refractivity contribution in [3.05, 3.63) is 54.3 Å². The lowest BCUT2D eigenvalue weighted by Gasteiger charge is -2.23. The van der Waals surface area contributed by atoms with Gasteiger partial charge < -0.3 is 10.1 Å². The minimum Gasteiger partial charge on any atom is -0.383 e. The Bertz CT molecular complexity index is 1000. The fourth-order valence-corrected chi connectivity index (χ4v) is 4.88. The van der Waals surface area contributed by atoms with Crippen molar-refractivity contribution in [2.45, 2.75) is 35.3 Å². The van der Waals surface area contributed by atoms with Gasteiger partial charge in [0.1, 0.15) is 11.1 Å². The third kappa shape index (κ3) is 6.99. The number of aliphatic imine (C=N–C) groups is 1. The molecule has 1 N–H and O–H groups in total. The lowest BCUT2D eigenvalue weighted by molar-refractivity contribution is -0.130. The van der Waals surface area contributed by atoms with E-state index in [2.05, 4.69) is 10.3 Å². The van der Waals surface area contributed by atoms with Gasteiger partial charge in [-0.3, -0.25) is 14.5 Å². The number of methoxy groups -OCH3 is 1. The Morgan fingerprint density at radius 3 is 2.48 bits per heavy atom. The second-order valence-corrected chi connectivity index (χ2v) is 9.38. The van der Waals surface area contributed by atoms with Crippen molar-refractivity contribution in [3.63, 3.8) is 0 Å². The molecule has 1 saturated heterocycles. The number of amides is 2. The van der Waals surface area contributed by atoms with Crippen LogP contribution in [-0.4, -0.2) is 52.6 Å². The van der Waals surface area contributed by atoms with Crippen LogP contribution < -0.4 is 5.32 Å². The third-order valence-electron chi connectivity index (χ3n) is 4.60. The molecule has 2 amide bonds. The van der Waals surface area contributed by atoms with Gasteiger partial charge in [0.05, 0.1) is 18.3 Å². The maximum Gasteiger partial charge on any atom is 0.288 e. The van der Waals surface area contributed by atoms with E-state index < -0.39 is 16.8 Å². The van der Waals surface area contributed by atoms with E-state index in [9.17, 15) is 22.8 Å². The van der Waals surface area contributed by atoms with Crippen molar-refractivity contribution in [2.24, 2.45) is 4.99 Å². The fourth-order valence-electron chi connectivity index (χ4n) is 3.14. The van der Waals surface area contributed by atoms with Crippen LogP contribution in [0.25, 0.3) is 0 Å². The quantitative estimate of drug-likeness (QED) is 0.486. The first-order valence-electron chi connectivity index (χ1n) is 9.94. The smallest absolute Gasteiger partial charge is 0.288 e. The van der Waals surface area contributed by atoms with Crippen molar-refractivity contribution in [2.75, 3.05) is 19.0 Å². The Morgan fingerprint density at radius 2 is 1.88 bits per heavy atom. The van der Waals surface area contributed by atoms with Gasteiger partial charge in [-0.05, 0) is 55.5 Å². The van der Waals surface area contributed by atoms with Gasteiger partial charge >= 0.3 is 0 Å². The van der Waals surface area contributed by atoms with E-state index in [1.165, 1.54) is 48.4 Å². The highest BCUT2D eigenvalue weighted by atomic mass is 32.2. The summed E-state index contributed by atoms with van der Waals surface area (Å²) in [7, 11) is 1.52. The van der Waals surface area contributed by atoms with Gasteiger partial charge in [0, 0.05) is 24.1 Å². The van der Waals surface area contributed by atoms with E-state index in [4.69, 9.17) is 4.74 Å². The summed E-state index contributed by atoms with van der Waals surface area (Å²) < 4.78 is 43.3. The maximum atomic E-state index is 13.1. The molecule has 2 aromatic carbocycles. The molecule has 0 bridgehead atoms. The predicted molar refractivity (Wildman–Crippen MR) is 125 cm³/mol. The van der Waals surface area contributed by atoms with Crippen molar-refractivity contribution in [3.8, 4) is 0 Å². The van der Waals surface area contributed by atoms with Gasteiger partial charge in [0.2, 0.25) is 11.8 Å². The van der Waals surface area contributed by atoms with Crippen LogP contribution >= 0.6 is 23.5 Å². The van der Waals surface area contributed by atoms with Crippen LogP contribution in [0.1, 0.15) is 13.3 Å². The highest BCUT2D eigenvalue weighted by molar-refractivity contribution is 8.15. The summed E-state index contributed by atoms with van der Waals surface area (Å²) in [6.07, 6.45) is -0.0972.